The molecule has 5 heteroatoms. The van der Waals surface area contributed by atoms with Crippen molar-refractivity contribution < 1.29 is 4.74 Å². The van der Waals surface area contributed by atoms with Gasteiger partial charge in [0.05, 0.1) is 0 Å². The summed E-state index contributed by atoms with van der Waals surface area (Å²) < 4.78 is 6.83. The molecular weight excluding hydrogens is 399 g/mol. The normalized spacial score (nSPS) is 11.5. The highest BCUT2D eigenvalue weighted by Crippen LogP contribution is 2.28. The Hall–Kier alpha value is -0.850. The zero-order valence-electron chi connectivity index (χ0n) is 12.3. The van der Waals surface area contributed by atoms with Crippen LogP contribution in [0.5, 0.6) is 11.6 Å². The van der Waals surface area contributed by atoms with Crippen LogP contribution in [0.3, 0.4) is 0 Å². The number of rotatable bonds is 4. The van der Waals surface area contributed by atoms with Crippen LogP contribution in [0.25, 0.3) is 0 Å². The van der Waals surface area contributed by atoms with Gasteiger partial charge in [-0.05, 0) is 73.2 Å². The second-order valence-corrected chi connectivity index (χ2v) is 7.45. The van der Waals surface area contributed by atoms with Gasteiger partial charge in [0.2, 0.25) is 5.88 Å². The molecule has 0 saturated carbocycles. The number of hydrogen-bond acceptors (Lipinski definition) is 3. The van der Waals surface area contributed by atoms with Gasteiger partial charge in [0.25, 0.3) is 0 Å². The number of aromatic nitrogens is 1. The first-order valence-electron chi connectivity index (χ1n) is 6.66. The predicted octanol–water partition coefficient (Wildman–Crippen LogP) is 5.02. The third-order valence-electron chi connectivity index (χ3n) is 2.70. The van der Waals surface area contributed by atoms with Crippen LogP contribution in [0.2, 0.25) is 5.02 Å². The lowest BCUT2D eigenvalue weighted by molar-refractivity contribution is 0.423. The average Bonchev–Trinajstić information content (AvgIpc) is 2.38. The van der Waals surface area contributed by atoms with Crippen molar-refractivity contribution in [3.05, 3.63) is 50.7 Å². The molecule has 0 amide bonds. The molecule has 2 aromatic rings. The molecule has 2 rings (SSSR count). The summed E-state index contributed by atoms with van der Waals surface area (Å²) in [6.07, 6.45) is 1.79. The molecular formula is C16H18ClIN2O. The molecule has 0 radical (unpaired) electrons. The Morgan fingerprint density at radius 3 is 2.67 bits per heavy atom. The van der Waals surface area contributed by atoms with Gasteiger partial charge in [0, 0.05) is 21.9 Å². The standard InChI is InChI=1S/C16H18ClIN2O/c1-16(2,3)20-10-11-7-14(17)15(19-9-11)21-13-6-4-5-12(18)8-13/h4-9,20H,10H2,1-3H3. The predicted molar refractivity (Wildman–Crippen MR) is 95.1 cm³/mol. The first kappa shape index (κ1) is 16.5. The minimum absolute atomic E-state index is 0.0579. The van der Waals surface area contributed by atoms with E-state index < -0.39 is 0 Å². The molecule has 0 aliphatic heterocycles. The number of hydrogen-bond donors (Lipinski definition) is 1. The van der Waals surface area contributed by atoms with Crippen molar-refractivity contribution >= 4 is 34.2 Å². The maximum absolute atomic E-state index is 6.25. The van der Waals surface area contributed by atoms with Crippen LogP contribution in [-0.4, -0.2) is 10.5 Å². The molecule has 0 atom stereocenters. The molecule has 1 N–H and O–H groups in total. The van der Waals surface area contributed by atoms with E-state index in [9.17, 15) is 0 Å². The van der Waals surface area contributed by atoms with E-state index >= 15 is 0 Å². The lowest BCUT2D eigenvalue weighted by atomic mass is 10.1. The number of nitrogens with one attached hydrogen (secondary N) is 1. The van der Waals surface area contributed by atoms with Crippen molar-refractivity contribution in [2.45, 2.75) is 32.9 Å². The van der Waals surface area contributed by atoms with Crippen molar-refractivity contribution in [2.24, 2.45) is 0 Å². The van der Waals surface area contributed by atoms with E-state index in [1.54, 1.807) is 6.20 Å². The number of benzene rings is 1. The zero-order chi connectivity index (χ0) is 15.5. The SMILES string of the molecule is CC(C)(C)NCc1cnc(Oc2cccc(I)c2)c(Cl)c1. The Labute approximate surface area is 144 Å². The van der Waals surface area contributed by atoms with Crippen molar-refractivity contribution in [3.63, 3.8) is 0 Å². The summed E-state index contributed by atoms with van der Waals surface area (Å²) in [4.78, 5) is 4.31. The van der Waals surface area contributed by atoms with Crippen LogP contribution in [0.4, 0.5) is 0 Å². The van der Waals surface area contributed by atoms with Crippen molar-refractivity contribution in [1.29, 1.82) is 0 Å². The van der Waals surface area contributed by atoms with E-state index in [0.717, 1.165) is 21.4 Å². The Kier molecular flexibility index (Phi) is 5.46. The van der Waals surface area contributed by atoms with Crippen LogP contribution in [0.1, 0.15) is 26.3 Å². The molecule has 1 aromatic carbocycles. The van der Waals surface area contributed by atoms with E-state index in [-0.39, 0.29) is 5.54 Å². The van der Waals surface area contributed by atoms with Crippen LogP contribution >= 0.6 is 34.2 Å². The van der Waals surface area contributed by atoms with Gasteiger partial charge in [-0.3, -0.25) is 0 Å². The van der Waals surface area contributed by atoms with Gasteiger partial charge in [-0.25, -0.2) is 4.98 Å². The summed E-state index contributed by atoms with van der Waals surface area (Å²) in [5.74, 6) is 1.16. The van der Waals surface area contributed by atoms with Gasteiger partial charge in [0.15, 0.2) is 0 Å². The van der Waals surface area contributed by atoms with E-state index in [0.29, 0.717) is 10.9 Å². The second-order valence-electron chi connectivity index (χ2n) is 5.79. The molecule has 0 aliphatic carbocycles. The van der Waals surface area contributed by atoms with Crippen molar-refractivity contribution in [3.8, 4) is 11.6 Å². The van der Waals surface area contributed by atoms with Crippen molar-refractivity contribution in [2.75, 3.05) is 0 Å². The Morgan fingerprint density at radius 2 is 2.05 bits per heavy atom. The van der Waals surface area contributed by atoms with Gasteiger partial charge >= 0.3 is 0 Å². The number of ether oxygens (including phenoxy) is 1. The smallest absolute Gasteiger partial charge is 0.238 e. The van der Waals surface area contributed by atoms with Gasteiger partial charge in [-0.2, -0.15) is 0 Å². The van der Waals surface area contributed by atoms with Gasteiger partial charge < -0.3 is 10.1 Å². The zero-order valence-corrected chi connectivity index (χ0v) is 15.2. The number of pyridine rings is 1. The summed E-state index contributed by atoms with van der Waals surface area (Å²) in [7, 11) is 0. The number of halogens is 2. The van der Waals surface area contributed by atoms with E-state index in [2.05, 4.69) is 53.7 Å². The Balaban J connectivity index is 2.09. The molecule has 0 spiro atoms. The lowest BCUT2D eigenvalue weighted by Gasteiger charge is -2.20. The highest BCUT2D eigenvalue weighted by atomic mass is 127. The van der Waals surface area contributed by atoms with Gasteiger partial charge in [-0.1, -0.05) is 17.7 Å². The molecule has 0 fully saturated rings. The monoisotopic (exact) mass is 416 g/mol. The van der Waals surface area contributed by atoms with Crippen molar-refractivity contribution in [1.82, 2.24) is 10.3 Å². The van der Waals surface area contributed by atoms with Crippen LogP contribution in [0.15, 0.2) is 36.5 Å². The summed E-state index contributed by atoms with van der Waals surface area (Å²) in [6.45, 7) is 7.09. The molecule has 1 heterocycles. The fourth-order valence-electron chi connectivity index (χ4n) is 1.65. The van der Waals surface area contributed by atoms with Crippen LogP contribution in [-0.2, 0) is 6.54 Å². The van der Waals surface area contributed by atoms with Crippen LogP contribution in [0, 0.1) is 3.57 Å². The minimum Gasteiger partial charge on any atom is -0.438 e. The van der Waals surface area contributed by atoms with E-state index in [4.69, 9.17) is 16.3 Å². The average molecular weight is 417 g/mol. The summed E-state index contributed by atoms with van der Waals surface area (Å²) >= 11 is 8.49. The molecule has 0 saturated heterocycles. The molecule has 0 bridgehead atoms. The van der Waals surface area contributed by atoms with Crippen LogP contribution < -0.4 is 10.1 Å². The Bertz CT molecular complexity index is 626. The Morgan fingerprint density at radius 1 is 1.29 bits per heavy atom. The summed E-state index contributed by atoms with van der Waals surface area (Å²) in [5.41, 5.74) is 1.09. The quantitative estimate of drug-likeness (QED) is 0.711. The first-order valence-corrected chi connectivity index (χ1v) is 8.12. The molecule has 21 heavy (non-hydrogen) atoms. The fourth-order valence-corrected chi connectivity index (χ4v) is 2.39. The summed E-state index contributed by atoms with van der Waals surface area (Å²) in [5, 5.41) is 3.92. The molecule has 0 unspecified atom stereocenters. The number of nitrogens with zero attached hydrogens (tertiary/aromatic N) is 1. The molecule has 0 aliphatic rings. The molecule has 112 valence electrons. The molecule has 1 aromatic heterocycles. The highest BCUT2D eigenvalue weighted by Gasteiger charge is 2.11. The third kappa shape index (κ3) is 5.45. The van der Waals surface area contributed by atoms with Gasteiger partial charge in [0.1, 0.15) is 10.8 Å². The minimum atomic E-state index is 0.0579. The second kappa shape index (κ2) is 6.94. The topological polar surface area (TPSA) is 34.2 Å². The largest absolute Gasteiger partial charge is 0.438 e. The maximum atomic E-state index is 6.25. The lowest BCUT2D eigenvalue weighted by Crippen LogP contribution is -2.35. The van der Waals surface area contributed by atoms with Gasteiger partial charge in [-0.15, -0.1) is 0 Å². The first-order chi connectivity index (χ1) is 9.83. The fraction of sp³-hybridized carbons (Fsp3) is 0.312. The summed E-state index contributed by atoms with van der Waals surface area (Å²) in [6, 6.07) is 9.65. The highest BCUT2D eigenvalue weighted by molar-refractivity contribution is 14.1. The maximum Gasteiger partial charge on any atom is 0.238 e. The third-order valence-corrected chi connectivity index (χ3v) is 3.64. The molecule has 3 nitrogen and oxygen atoms in total. The van der Waals surface area contributed by atoms with E-state index in [1.807, 2.05) is 30.3 Å². The van der Waals surface area contributed by atoms with E-state index in [1.165, 1.54) is 0 Å².